The highest BCUT2D eigenvalue weighted by Crippen LogP contribution is 2.32. The summed E-state index contributed by atoms with van der Waals surface area (Å²) in [4.78, 5) is 38.1. The average Bonchev–Trinajstić information content (AvgIpc) is 3.14. The lowest BCUT2D eigenvalue weighted by atomic mass is 10.0. The number of nitrogens with zero attached hydrogens (tertiary/aromatic N) is 1. The van der Waals surface area contributed by atoms with Gasteiger partial charge in [0.05, 0.1) is 5.56 Å². The third-order valence-corrected chi connectivity index (χ3v) is 6.10. The zero-order valence-corrected chi connectivity index (χ0v) is 20.0. The van der Waals surface area contributed by atoms with Gasteiger partial charge in [-0.1, -0.05) is 32.0 Å². The molecule has 4 rings (SSSR count). The van der Waals surface area contributed by atoms with E-state index in [4.69, 9.17) is 0 Å². The van der Waals surface area contributed by atoms with Gasteiger partial charge in [0.25, 0.3) is 5.91 Å². The van der Waals surface area contributed by atoms with Gasteiger partial charge in [-0.2, -0.15) is 13.2 Å². The molecule has 10 heteroatoms. The Morgan fingerprint density at radius 2 is 1.43 bits per heavy atom. The van der Waals surface area contributed by atoms with E-state index < -0.39 is 29.8 Å². The molecule has 0 aliphatic carbocycles. The lowest BCUT2D eigenvalue weighted by Crippen LogP contribution is -2.44. The van der Waals surface area contributed by atoms with Crippen LogP contribution in [0, 0.1) is 5.92 Å². The standard InChI is InChI=1S/C27H24F3N3O4/c1-15(2)23(25(35)36)33-14-18-13-17(5-12-22(18)24(33)34)16-3-8-20(9-4-16)31-26(37)32-21-10-6-19(7-11-21)27(28,29)30/h3-13,15,23H,14H2,1-2H3,(H,35,36)(H2,31,32,37). The van der Waals surface area contributed by atoms with Crippen molar-refractivity contribution in [2.45, 2.75) is 32.6 Å². The van der Waals surface area contributed by atoms with Gasteiger partial charge in [0.2, 0.25) is 0 Å². The van der Waals surface area contributed by atoms with E-state index >= 15 is 0 Å². The van der Waals surface area contributed by atoms with Crippen molar-refractivity contribution in [2.24, 2.45) is 5.92 Å². The van der Waals surface area contributed by atoms with Crippen molar-refractivity contribution in [3.05, 3.63) is 83.4 Å². The lowest BCUT2D eigenvalue weighted by molar-refractivity contribution is -0.144. The summed E-state index contributed by atoms with van der Waals surface area (Å²) in [5, 5.41) is 14.7. The number of carbonyl (C=O) groups excluding carboxylic acids is 2. The molecule has 1 unspecified atom stereocenters. The zero-order chi connectivity index (χ0) is 26.9. The zero-order valence-electron chi connectivity index (χ0n) is 20.0. The third kappa shape index (κ3) is 5.58. The molecule has 0 saturated heterocycles. The fourth-order valence-corrected chi connectivity index (χ4v) is 4.31. The molecule has 0 fully saturated rings. The molecule has 3 N–H and O–H groups in total. The highest BCUT2D eigenvalue weighted by molar-refractivity contribution is 6.01. The maximum Gasteiger partial charge on any atom is 0.416 e. The van der Waals surface area contributed by atoms with Crippen LogP contribution in [0.3, 0.4) is 0 Å². The predicted molar refractivity (Wildman–Crippen MR) is 132 cm³/mol. The first kappa shape index (κ1) is 25.7. The van der Waals surface area contributed by atoms with Crippen LogP contribution in [0.25, 0.3) is 11.1 Å². The van der Waals surface area contributed by atoms with E-state index in [1.165, 1.54) is 17.0 Å². The van der Waals surface area contributed by atoms with Crippen molar-refractivity contribution in [1.82, 2.24) is 4.90 Å². The van der Waals surface area contributed by atoms with Gasteiger partial charge in [0, 0.05) is 23.5 Å². The number of urea groups is 1. The Balaban J connectivity index is 1.42. The van der Waals surface area contributed by atoms with Crippen molar-refractivity contribution < 1.29 is 32.7 Å². The van der Waals surface area contributed by atoms with Crippen LogP contribution in [0.2, 0.25) is 0 Å². The highest BCUT2D eigenvalue weighted by Gasteiger charge is 2.38. The first-order valence-electron chi connectivity index (χ1n) is 11.5. The number of carboxylic acid groups (broad SMARTS) is 1. The fraction of sp³-hybridized carbons (Fsp3) is 0.222. The second-order valence-corrected chi connectivity index (χ2v) is 9.06. The van der Waals surface area contributed by atoms with Crippen LogP contribution in [0.15, 0.2) is 66.7 Å². The van der Waals surface area contributed by atoms with Crippen molar-refractivity contribution >= 4 is 29.3 Å². The Bertz CT molecular complexity index is 1340. The molecular formula is C27H24F3N3O4. The number of nitrogens with one attached hydrogen (secondary N) is 2. The summed E-state index contributed by atoms with van der Waals surface area (Å²) >= 11 is 0. The van der Waals surface area contributed by atoms with Gasteiger partial charge < -0.3 is 20.6 Å². The number of hydrogen-bond acceptors (Lipinski definition) is 3. The van der Waals surface area contributed by atoms with Gasteiger partial charge in [0.15, 0.2) is 0 Å². The van der Waals surface area contributed by atoms with Crippen molar-refractivity contribution in [3.63, 3.8) is 0 Å². The van der Waals surface area contributed by atoms with E-state index in [9.17, 15) is 32.7 Å². The number of halogens is 3. The first-order chi connectivity index (χ1) is 17.4. The number of aliphatic carboxylic acids is 1. The molecule has 3 amide bonds. The summed E-state index contributed by atoms with van der Waals surface area (Å²) in [5.74, 6) is -1.59. The lowest BCUT2D eigenvalue weighted by Gasteiger charge is -2.27. The smallest absolute Gasteiger partial charge is 0.416 e. The normalized spacial score (nSPS) is 13.9. The summed E-state index contributed by atoms with van der Waals surface area (Å²) in [5.41, 5.74) is 2.75. The molecule has 0 spiro atoms. The van der Waals surface area contributed by atoms with E-state index in [-0.39, 0.29) is 24.1 Å². The number of fused-ring (bicyclic) bond motifs is 1. The molecule has 37 heavy (non-hydrogen) atoms. The van der Waals surface area contributed by atoms with Crippen LogP contribution < -0.4 is 10.6 Å². The van der Waals surface area contributed by atoms with Crippen molar-refractivity contribution in [1.29, 1.82) is 0 Å². The van der Waals surface area contributed by atoms with Crippen LogP contribution >= 0.6 is 0 Å². The number of anilines is 2. The minimum atomic E-state index is -4.45. The van der Waals surface area contributed by atoms with Crippen molar-refractivity contribution in [2.75, 3.05) is 10.6 Å². The van der Waals surface area contributed by atoms with Crippen LogP contribution in [0.5, 0.6) is 0 Å². The minimum absolute atomic E-state index is 0.209. The maximum atomic E-state index is 12.8. The molecule has 3 aromatic carbocycles. The summed E-state index contributed by atoms with van der Waals surface area (Å²) in [6, 6.07) is 14.8. The Morgan fingerprint density at radius 1 is 0.892 bits per heavy atom. The number of benzene rings is 3. The quantitative estimate of drug-likeness (QED) is 0.374. The Morgan fingerprint density at radius 3 is 1.95 bits per heavy atom. The van der Waals surface area contributed by atoms with E-state index in [1.54, 1.807) is 50.2 Å². The van der Waals surface area contributed by atoms with E-state index in [0.29, 0.717) is 11.3 Å². The molecule has 3 aromatic rings. The number of alkyl halides is 3. The van der Waals surface area contributed by atoms with Gasteiger partial charge in [-0.15, -0.1) is 0 Å². The molecule has 1 aliphatic rings. The Labute approximate surface area is 210 Å². The molecule has 1 atom stereocenters. The number of rotatable bonds is 6. The molecule has 192 valence electrons. The van der Waals surface area contributed by atoms with Crippen LogP contribution in [-0.4, -0.2) is 34.0 Å². The maximum absolute atomic E-state index is 12.8. The molecular weight excluding hydrogens is 487 g/mol. The fourth-order valence-electron chi connectivity index (χ4n) is 4.31. The number of amides is 3. The highest BCUT2D eigenvalue weighted by atomic mass is 19.4. The molecule has 7 nitrogen and oxygen atoms in total. The Hall–Kier alpha value is -4.34. The summed E-state index contributed by atoms with van der Waals surface area (Å²) in [6.45, 7) is 3.74. The van der Waals surface area contributed by atoms with Crippen LogP contribution in [0.1, 0.15) is 35.3 Å². The summed E-state index contributed by atoms with van der Waals surface area (Å²) in [7, 11) is 0. The monoisotopic (exact) mass is 511 g/mol. The van der Waals surface area contributed by atoms with E-state index in [0.717, 1.165) is 28.8 Å². The van der Waals surface area contributed by atoms with Crippen LogP contribution in [-0.2, 0) is 17.5 Å². The molecule has 0 saturated carbocycles. The summed E-state index contributed by atoms with van der Waals surface area (Å²) in [6.07, 6.45) is -4.45. The third-order valence-electron chi connectivity index (χ3n) is 6.10. The molecule has 0 bridgehead atoms. The molecule has 0 radical (unpaired) electrons. The Kier molecular flexibility index (Phi) is 6.93. The number of hydrogen-bond donors (Lipinski definition) is 3. The largest absolute Gasteiger partial charge is 0.480 e. The second-order valence-electron chi connectivity index (χ2n) is 9.06. The molecule has 1 aliphatic heterocycles. The van der Waals surface area contributed by atoms with Gasteiger partial charge in [0.1, 0.15) is 6.04 Å². The molecule has 0 aromatic heterocycles. The number of carbonyl (C=O) groups is 3. The average molecular weight is 512 g/mol. The number of carboxylic acids is 1. The summed E-state index contributed by atoms with van der Waals surface area (Å²) < 4.78 is 38.0. The van der Waals surface area contributed by atoms with E-state index in [2.05, 4.69) is 10.6 Å². The second kappa shape index (κ2) is 9.96. The van der Waals surface area contributed by atoms with Crippen molar-refractivity contribution in [3.8, 4) is 11.1 Å². The van der Waals surface area contributed by atoms with Gasteiger partial charge in [-0.25, -0.2) is 9.59 Å². The van der Waals surface area contributed by atoms with Gasteiger partial charge in [-0.3, -0.25) is 4.79 Å². The van der Waals surface area contributed by atoms with E-state index in [1.807, 2.05) is 6.07 Å². The van der Waals surface area contributed by atoms with Gasteiger partial charge >= 0.3 is 18.2 Å². The SMILES string of the molecule is CC(C)C(C(=O)O)N1Cc2cc(-c3ccc(NC(=O)Nc4ccc(C(F)(F)F)cc4)cc3)ccc2C1=O. The first-order valence-corrected chi connectivity index (χ1v) is 11.5. The minimum Gasteiger partial charge on any atom is -0.480 e. The van der Waals surface area contributed by atoms with Gasteiger partial charge in [-0.05, 0) is 71.1 Å². The topological polar surface area (TPSA) is 98.7 Å². The predicted octanol–water partition coefficient (Wildman–Crippen LogP) is 6.08. The molecule has 1 heterocycles. The van der Waals surface area contributed by atoms with Crippen LogP contribution in [0.4, 0.5) is 29.3 Å².